The van der Waals surface area contributed by atoms with Gasteiger partial charge >= 0.3 is 12.0 Å². The average Bonchev–Trinajstić information content (AvgIpc) is 3.31. The van der Waals surface area contributed by atoms with Gasteiger partial charge in [-0.2, -0.15) is 4.57 Å². The number of benzene rings is 1. The van der Waals surface area contributed by atoms with Crippen molar-refractivity contribution in [3.8, 4) is 11.4 Å². The van der Waals surface area contributed by atoms with E-state index in [0.29, 0.717) is 18.4 Å². The molecule has 0 bridgehead atoms. The van der Waals surface area contributed by atoms with Crippen LogP contribution < -0.4 is 9.30 Å². The van der Waals surface area contributed by atoms with Crippen molar-refractivity contribution in [1.82, 2.24) is 19.3 Å². The summed E-state index contributed by atoms with van der Waals surface area (Å²) in [4.78, 5) is 34.9. The van der Waals surface area contributed by atoms with Crippen LogP contribution in [0.15, 0.2) is 35.5 Å². The number of likely N-dealkylation sites (tertiary alicyclic amines) is 1. The van der Waals surface area contributed by atoms with Gasteiger partial charge in [0, 0.05) is 26.7 Å². The molecule has 1 unspecified atom stereocenters. The van der Waals surface area contributed by atoms with E-state index in [1.807, 2.05) is 46.5 Å². The third-order valence-electron chi connectivity index (χ3n) is 6.53. The minimum Gasteiger partial charge on any atom is -0.492 e. The number of carbonyl (C=O) groups is 2. The number of fused-ring (bicyclic) bond motifs is 3. The van der Waals surface area contributed by atoms with Crippen LogP contribution in [0.4, 0.5) is 10.7 Å². The molecular formula is C23H29N6O3+. The molecule has 1 aromatic heterocycles. The van der Waals surface area contributed by atoms with Crippen molar-refractivity contribution in [3.63, 3.8) is 0 Å². The Morgan fingerprint density at radius 1 is 1.12 bits per heavy atom. The molecule has 2 saturated heterocycles. The summed E-state index contributed by atoms with van der Waals surface area (Å²) >= 11 is 0. The highest BCUT2D eigenvalue weighted by Crippen LogP contribution is 2.31. The van der Waals surface area contributed by atoms with Crippen molar-refractivity contribution in [3.05, 3.63) is 36.2 Å². The number of hydrogen-bond acceptors (Lipinski definition) is 5. The first-order valence-electron chi connectivity index (χ1n) is 11.2. The van der Waals surface area contributed by atoms with Gasteiger partial charge in [0.2, 0.25) is 11.9 Å². The van der Waals surface area contributed by atoms with Crippen LogP contribution in [0.1, 0.15) is 31.0 Å². The van der Waals surface area contributed by atoms with Crippen LogP contribution in [0.2, 0.25) is 0 Å². The summed E-state index contributed by atoms with van der Waals surface area (Å²) < 4.78 is 9.89. The summed E-state index contributed by atoms with van der Waals surface area (Å²) in [5.74, 6) is 1.60. The Bertz CT molecular complexity index is 1100. The van der Waals surface area contributed by atoms with E-state index in [1.54, 1.807) is 7.05 Å². The summed E-state index contributed by atoms with van der Waals surface area (Å²) in [6.45, 7) is 5.88. The van der Waals surface area contributed by atoms with Gasteiger partial charge in [0.15, 0.2) is 0 Å². The molecule has 32 heavy (non-hydrogen) atoms. The van der Waals surface area contributed by atoms with Gasteiger partial charge in [-0.25, -0.2) is 9.36 Å². The van der Waals surface area contributed by atoms with Crippen molar-refractivity contribution in [2.45, 2.75) is 32.2 Å². The Hall–Kier alpha value is -3.20. The van der Waals surface area contributed by atoms with Crippen molar-refractivity contribution in [2.75, 3.05) is 40.3 Å². The average molecular weight is 438 g/mol. The van der Waals surface area contributed by atoms with Gasteiger partial charge in [-0.3, -0.25) is 19.5 Å². The van der Waals surface area contributed by atoms with Crippen LogP contribution in [0.25, 0.3) is 5.69 Å². The molecule has 9 nitrogen and oxygen atoms in total. The van der Waals surface area contributed by atoms with E-state index in [4.69, 9.17) is 9.73 Å². The lowest BCUT2D eigenvalue weighted by molar-refractivity contribution is -0.676. The molecule has 168 valence electrons. The van der Waals surface area contributed by atoms with E-state index < -0.39 is 6.04 Å². The molecule has 3 amide bonds. The number of urea groups is 1. The molecule has 0 radical (unpaired) electrons. The second-order valence-corrected chi connectivity index (χ2v) is 8.67. The summed E-state index contributed by atoms with van der Waals surface area (Å²) in [7, 11) is 3.16. The topological polar surface area (TPSA) is 74.3 Å². The summed E-state index contributed by atoms with van der Waals surface area (Å²) in [6, 6.07) is 6.92. The predicted molar refractivity (Wildman–Crippen MR) is 119 cm³/mol. The van der Waals surface area contributed by atoms with Gasteiger partial charge < -0.3 is 4.74 Å². The van der Waals surface area contributed by atoms with Crippen LogP contribution in [0.5, 0.6) is 5.75 Å². The number of nitrogens with zero attached hydrogens (tertiary/aromatic N) is 6. The Labute approximate surface area is 187 Å². The number of piperidine rings is 1. The highest BCUT2D eigenvalue weighted by Gasteiger charge is 2.52. The fourth-order valence-corrected chi connectivity index (χ4v) is 4.77. The zero-order valence-corrected chi connectivity index (χ0v) is 18.8. The molecule has 0 saturated carbocycles. The minimum atomic E-state index is -0.623. The first-order valence-corrected chi connectivity index (χ1v) is 11.2. The lowest BCUT2D eigenvalue weighted by Crippen LogP contribution is -2.61. The minimum absolute atomic E-state index is 0.275. The van der Waals surface area contributed by atoms with Crippen LogP contribution in [0.3, 0.4) is 0 Å². The first-order chi connectivity index (χ1) is 15.5. The second-order valence-electron chi connectivity index (χ2n) is 8.67. The number of aryl methyl sites for hydroxylation is 1. The van der Waals surface area contributed by atoms with E-state index in [-0.39, 0.29) is 11.9 Å². The van der Waals surface area contributed by atoms with Gasteiger partial charge in [-0.05, 0) is 45.0 Å². The lowest BCUT2D eigenvalue weighted by Gasteiger charge is -2.30. The maximum Gasteiger partial charge on any atom is 0.406 e. The Morgan fingerprint density at radius 2 is 1.91 bits per heavy atom. The number of imidazole rings is 1. The quantitative estimate of drug-likeness (QED) is 0.671. The predicted octanol–water partition coefficient (Wildman–Crippen LogP) is 2.05. The highest BCUT2D eigenvalue weighted by atomic mass is 16.5. The lowest BCUT2D eigenvalue weighted by atomic mass is 10.1. The van der Waals surface area contributed by atoms with Crippen LogP contribution >= 0.6 is 0 Å². The van der Waals surface area contributed by atoms with Gasteiger partial charge in [-0.1, -0.05) is 17.5 Å². The first kappa shape index (κ1) is 20.7. The summed E-state index contributed by atoms with van der Waals surface area (Å²) in [6.07, 6.45) is 5.78. The molecule has 2 fully saturated rings. The van der Waals surface area contributed by atoms with Crippen LogP contribution in [-0.2, 0) is 4.79 Å². The molecule has 1 atom stereocenters. The third-order valence-corrected chi connectivity index (χ3v) is 6.53. The highest BCUT2D eigenvalue weighted by molar-refractivity contribution is 6.18. The molecule has 3 aliphatic heterocycles. The smallest absolute Gasteiger partial charge is 0.406 e. The molecule has 5 rings (SSSR count). The maximum atomic E-state index is 12.8. The summed E-state index contributed by atoms with van der Waals surface area (Å²) in [5.41, 5.74) is 1.85. The summed E-state index contributed by atoms with van der Waals surface area (Å²) in [5, 5.41) is 0. The van der Waals surface area contributed by atoms with Gasteiger partial charge in [-0.15, -0.1) is 0 Å². The van der Waals surface area contributed by atoms with Gasteiger partial charge in [0.25, 0.3) is 5.91 Å². The van der Waals surface area contributed by atoms with E-state index in [9.17, 15) is 9.59 Å². The van der Waals surface area contributed by atoms with Gasteiger partial charge in [0.1, 0.15) is 29.9 Å². The van der Waals surface area contributed by atoms with Crippen LogP contribution in [0, 0.1) is 6.92 Å². The molecule has 3 aliphatic rings. The number of rotatable bonds is 5. The van der Waals surface area contributed by atoms with E-state index in [1.165, 1.54) is 31.2 Å². The fourth-order valence-electron chi connectivity index (χ4n) is 4.77. The Balaban J connectivity index is 1.40. The van der Waals surface area contributed by atoms with Crippen molar-refractivity contribution in [2.24, 2.45) is 4.99 Å². The number of imide groups is 1. The Morgan fingerprint density at radius 3 is 2.69 bits per heavy atom. The zero-order valence-electron chi connectivity index (χ0n) is 18.8. The van der Waals surface area contributed by atoms with Crippen molar-refractivity contribution >= 4 is 23.7 Å². The Kier molecular flexibility index (Phi) is 5.21. The molecule has 0 N–H and O–H groups in total. The molecule has 1 aromatic carbocycles. The number of amidine groups is 1. The fraction of sp³-hybridized carbons (Fsp3) is 0.478. The number of amides is 3. The molecule has 2 aromatic rings. The van der Waals surface area contributed by atoms with Crippen molar-refractivity contribution in [1.29, 1.82) is 0 Å². The van der Waals surface area contributed by atoms with E-state index in [0.717, 1.165) is 41.7 Å². The number of hydrogen-bond donors (Lipinski definition) is 0. The standard InChI is InChI=1S/C23H29N6O3/c1-16-15-28-19-20(25(2)23(31)26(3)21(19)30)24-22(28)29(16)17-8-7-9-18(14-17)32-13-12-27-10-5-4-6-11-27/h7-9,14-15,19H,4-6,10-13H2,1-3H3/q+1. The largest absolute Gasteiger partial charge is 0.492 e. The van der Waals surface area contributed by atoms with E-state index >= 15 is 0 Å². The monoisotopic (exact) mass is 437 g/mol. The zero-order chi connectivity index (χ0) is 22.4. The molecule has 4 heterocycles. The number of ether oxygens (including phenoxy) is 1. The van der Waals surface area contributed by atoms with E-state index in [2.05, 4.69) is 4.90 Å². The molecular weight excluding hydrogens is 408 g/mol. The normalized spacial score (nSPS) is 21.0. The number of aliphatic imine (C=N–C) groups is 1. The molecule has 0 spiro atoms. The number of carbonyl (C=O) groups excluding carboxylic acids is 2. The van der Waals surface area contributed by atoms with Gasteiger partial charge in [0.05, 0.1) is 0 Å². The molecule has 0 aliphatic carbocycles. The number of likely N-dealkylation sites (N-methyl/N-ethyl adjacent to an activating group) is 2. The SMILES string of the molecule is Cc1c[n+]2c(n1-c1cccc(OCCN3CCCCC3)c1)N=C1C2C(=O)N(C)C(=O)N1C. The third kappa shape index (κ3) is 3.37. The second kappa shape index (κ2) is 8.05. The maximum absolute atomic E-state index is 12.8. The van der Waals surface area contributed by atoms with Crippen molar-refractivity contribution < 1.29 is 18.9 Å². The molecule has 9 heteroatoms. The number of aromatic nitrogens is 2. The van der Waals surface area contributed by atoms with Crippen LogP contribution in [-0.4, -0.2) is 77.4 Å².